The fourth-order valence-electron chi connectivity index (χ4n) is 3.09. The quantitative estimate of drug-likeness (QED) is 0.0818. The zero-order chi connectivity index (χ0) is 28.3. The van der Waals surface area contributed by atoms with E-state index in [1.54, 1.807) is 38.4 Å². The Morgan fingerprint density at radius 1 is 0.784 bits per heavy atom. The SMILES string of the molecule is CCCCCCCCOC(=O)c1ccccc1C(=O)OCCCCCCCC.CN(C)C=O.[O-][S+](Cl)Cl. The summed E-state index contributed by atoms with van der Waals surface area (Å²) in [6.07, 6.45) is 14.4. The maximum absolute atomic E-state index is 12.4. The molecular weight excluding hydrogens is 537 g/mol. The molecule has 10 heteroatoms. The van der Waals surface area contributed by atoms with Crippen molar-refractivity contribution in [3.8, 4) is 0 Å². The first kappa shape index (κ1) is 37.7. The first-order valence-corrected chi connectivity index (χ1v) is 15.8. The van der Waals surface area contributed by atoms with Gasteiger partial charge in [0.15, 0.2) is 31.0 Å². The first-order valence-electron chi connectivity index (χ1n) is 13.0. The Balaban J connectivity index is 0. The van der Waals surface area contributed by atoms with Crippen molar-refractivity contribution in [1.82, 2.24) is 4.90 Å². The molecule has 0 N–H and O–H groups in total. The van der Waals surface area contributed by atoms with E-state index >= 15 is 0 Å². The summed E-state index contributed by atoms with van der Waals surface area (Å²) < 4.78 is 19.8. The molecule has 0 atom stereocenters. The van der Waals surface area contributed by atoms with Gasteiger partial charge in [-0.05, 0) is 25.0 Å². The van der Waals surface area contributed by atoms with Crippen LogP contribution in [0.4, 0.5) is 0 Å². The lowest BCUT2D eigenvalue weighted by Gasteiger charge is -2.10. The topological polar surface area (TPSA) is 96.0 Å². The number of carbonyl (C=O) groups excluding carboxylic acids is 3. The summed E-state index contributed by atoms with van der Waals surface area (Å²) in [5.41, 5.74) is 0.586. The van der Waals surface area contributed by atoms with Crippen molar-refractivity contribution in [3.05, 3.63) is 35.4 Å². The van der Waals surface area contributed by atoms with Gasteiger partial charge in [0.25, 0.3) is 0 Å². The Bertz CT molecular complexity index is 655. The summed E-state index contributed by atoms with van der Waals surface area (Å²) in [7, 11) is 10.7. The molecule has 0 bridgehead atoms. The smallest absolute Gasteiger partial charge is 0.339 e. The summed E-state index contributed by atoms with van der Waals surface area (Å²) in [6, 6.07) is 6.74. The summed E-state index contributed by atoms with van der Waals surface area (Å²) in [6.45, 7) is 5.17. The van der Waals surface area contributed by atoms with Gasteiger partial charge >= 0.3 is 11.9 Å². The molecule has 0 heterocycles. The normalized spacial score (nSPS) is 9.95. The Morgan fingerprint density at radius 2 is 1.08 bits per heavy atom. The Hall–Kier alpha value is -1.48. The van der Waals surface area contributed by atoms with Gasteiger partial charge in [0.05, 0.1) is 24.3 Å². The van der Waals surface area contributed by atoms with E-state index in [1.807, 2.05) is 0 Å². The monoisotopic (exact) mass is 581 g/mol. The molecule has 0 aromatic heterocycles. The number of carbonyl (C=O) groups is 3. The largest absolute Gasteiger partial charge is 0.582 e. The molecule has 214 valence electrons. The lowest BCUT2D eigenvalue weighted by molar-refractivity contribution is -0.115. The van der Waals surface area contributed by atoms with Gasteiger partial charge < -0.3 is 18.9 Å². The van der Waals surface area contributed by atoms with Gasteiger partial charge in [0, 0.05) is 14.1 Å². The Morgan fingerprint density at radius 3 is 1.38 bits per heavy atom. The zero-order valence-corrected chi connectivity index (χ0v) is 25.2. The second-order valence-corrected chi connectivity index (χ2v) is 11.1. The van der Waals surface area contributed by atoms with Crippen LogP contribution in [-0.2, 0) is 23.9 Å². The third-order valence-corrected chi connectivity index (χ3v) is 5.04. The minimum atomic E-state index is -1.67. The van der Waals surface area contributed by atoms with Crippen LogP contribution in [-0.4, -0.2) is 55.1 Å². The van der Waals surface area contributed by atoms with Crippen LogP contribution in [0.1, 0.15) is 112 Å². The predicted octanol–water partition coefficient (Wildman–Crippen LogP) is 7.47. The molecule has 0 saturated carbocycles. The van der Waals surface area contributed by atoms with Crippen LogP contribution in [0, 0.1) is 0 Å². The maximum Gasteiger partial charge on any atom is 0.339 e. The molecule has 1 rings (SSSR count). The van der Waals surface area contributed by atoms with Crippen molar-refractivity contribution in [2.45, 2.75) is 90.9 Å². The second-order valence-electron chi connectivity index (χ2n) is 8.61. The van der Waals surface area contributed by atoms with E-state index in [0.29, 0.717) is 24.3 Å². The van der Waals surface area contributed by atoms with Crippen molar-refractivity contribution in [3.63, 3.8) is 0 Å². The van der Waals surface area contributed by atoms with Gasteiger partial charge in [-0.15, -0.1) is 0 Å². The number of hydrogen-bond acceptors (Lipinski definition) is 6. The van der Waals surface area contributed by atoms with Crippen LogP contribution < -0.4 is 0 Å². The number of benzene rings is 1. The van der Waals surface area contributed by atoms with E-state index in [9.17, 15) is 14.4 Å². The molecule has 0 fully saturated rings. The van der Waals surface area contributed by atoms with Crippen LogP contribution in [0.2, 0.25) is 0 Å². The highest BCUT2D eigenvalue weighted by Crippen LogP contribution is 2.14. The van der Waals surface area contributed by atoms with Crippen LogP contribution in [0.5, 0.6) is 0 Å². The summed E-state index contributed by atoms with van der Waals surface area (Å²) in [5.74, 6) is -0.888. The maximum atomic E-state index is 12.4. The second kappa shape index (κ2) is 27.6. The van der Waals surface area contributed by atoms with Crippen LogP contribution >= 0.6 is 21.4 Å². The van der Waals surface area contributed by atoms with Crippen molar-refractivity contribution in [1.29, 1.82) is 0 Å². The molecule has 0 aliphatic heterocycles. The number of amides is 1. The summed E-state index contributed by atoms with van der Waals surface area (Å²) >= 11 is 0. The molecule has 1 amide bonds. The van der Waals surface area contributed by atoms with Gasteiger partial charge in [-0.25, -0.2) is 9.59 Å². The Kier molecular flexibility index (Phi) is 28.1. The molecule has 37 heavy (non-hydrogen) atoms. The first-order chi connectivity index (χ1) is 17.7. The van der Waals surface area contributed by atoms with E-state index in [2.05, 4.69) is 35.2 Å². The minimum absolute atomic E-state index is 0.293. The van der Waals surface area contributed by atoms with E-state index in [0.717, 1.165) is 32.1 Å². The standard InChI is InChI=1S/C24H38O4.C3H7NO.Cl2OS/c1-3-5-7-9-11-15-19-27-23(25)21-17-13-14-18-22(21)24(26)28-20-16-12-10-8-6-4-2;1-4(2)3-5;1-4(2)3/h13-14,17-18H,3-12,15-16,19-20H2,1-2H3;3H,1-2H3;. The van der Waals surface area contributed by atoms with Gasteiger partial charge in [-0.1, -0.05) is 90.2 Å². The zero-order valence-electron chi connectivity index (χ0n) is 22.8. The number of unbranched alkanes of at least 4 members (excludes halogenated alkanes) is 10. The Labute approximate surface area is 235 Å². The lowest BCUT2D eigenvalue weighted by Crippen LogP contribution is -2.15. The molecule has 1 aromatic rings. The molecule has 0 radical (unpaired) electrons. The van der Waals surface area contributed by atoms with Crippen LogP contribution in [0.15, 0.2) is 24.3 Å². The molecule has 0 aliphatic carbocycles. The highest BCUT2D eigenvalue weighted by atomic mass is 36.0. The number of nitrogens with zero attached hydrogens (tertiary/aromatic N) is 1. The lowest BCUT2D eigenvalue weighted by atomic mass is 10.1. The third-order valence-electron chi connectivity index (χ3n) is 5.04. The molecule has 7 nitrogen and oxygen atoms in total. The minimum Gasteiger partial charge on any atom is -0.582 e. The van der Waals surface area contributed by atoms with E-state index in [4.69, 9.17) is 14.0 Å². The molecule has 0 spiro atoms. The number of ether oxygens (including phenoxy) is 2. The van der Waals surface area contributed by atoms with E-state index in [-0.39, 0.29) is 0 Å². The average molecular weight is 583 g/mol. The van der Waals surface area contributed by atoms with Crippen LogP contribution in [0.3, 0.4) is 0 Å². The molecule has 0 aliphatic rings. The number of hydrogen-bond donors (Lipinski definition) is 0. The number of esters is 2. The van der Waals surface area contributed by atoms with Crippen molar-refractivity contribution in [2.75, 3.05) is 27.3 Å². The van der Waals surface area contributed by atoms with Gasteiger partial charge in [-0.3, -0.25) is 4.79 Å². The highest BCUT2D eigenvalue weighted by molar-refractivity contribution is 8.31. The van der Waals surface area contributed by atoms with Crippen molar-refractivity contribution < 1.29 is 28.4 Å². The molecule has 0 saturated heterocycles. The average Bonchev–Trinajstić information content (AvgIpc) is 2.87. The summed E-state index contributed by atoms with van der Waals surface area (Å²) in [4.78, 5) is 35.6. The van der Waals surface area contributed by atoms with Gasteiger partial charge in [0.1, 0.15) is 0 Å². The molecule has 1 aromatic carbocycles. The summed E-state index contributed by atoms with van der Waals surface area (Å²) in [5, 5.41) is 0. The van der Waals surface area contributed by atoms with Crippen LogP contribution in [0.25, 0.3) is 0 Å². The van der Waals surface area contributed by atoms with Gasteiger partial charge in [0.2, 0.25) is 6.41 Å². The number of rotatable bonds is 17. The highest BCUT2D eigenvalue weighted by Gasteiger charge is 2.18. The predicted molar refractivity (Wildman–Crippen MR) is 153 cm³/mol. The van der Waals surface area contributed by atoms with E-state index < -0.39 is 21.5 Å². The fraction of sp³-hybridized carbons (Fsp3) is 0.667. The van der Waals surface area contributed by atoms with Crippen molar-refractivity contribution in [2.24, 2.45) is 0 Å². The van der Waals surface area contributed by atoms with Gasteiger partial charge in [-0.2, -0.15) is 0 Å². The molecular formula is C27H45Cl2NO6S. The number of halogens is 2. The van der Waals surface area contributed by atoms with Crippen molar-refractivity contribution >= 4 is 49.3 Å². The fourth-order valence-corrected chi connectivity index (χ4v) is 3.09. The molecule has 0 unspecified atom stereocenters. The van der Waals surface area contributed by atoms with E-state index in [1.165, 1.54) is 56.3 Å². The third kappa shape index (κ3) is 25.9.